The van der Waals surface area contributed by atoms with Crippen LogP contribution in [0.5, 0.6) is 0 Å². The van der Waals surface area contributed by atoms with E-state index >= 15 is 0 Å². The van der Waals surface area contributed by atoms with E-state index in [1.807, 2.05) is 0 Å². The molecule has 1 rings (SSSR count). The highest BCUT2D eigenvalue weighted by Crippen LogP contribution is 2.09. The van der Waals surface area contributed by atoms with Crippen molar-refractivity contribution in [1.82, 2.24) is 9.97 Å². The highest BCUT2D eigenvalue weighted by molar-refractivity contribution is 5.86. The van der Waals surface area contributed by atoms with Crippen molar-refractivity contribution in [1.29, 1.82) is 0 Å². The van der Waals surface area contributed by atoms with Gasteiger partial charge in [0, 0.05) is 12.4 Å². The number of nitrogens with zero attached hydrogens (tertiary/aromatic N) is 2. The molecule has 1 heterocycles. The zero-order valence-corrected chi connectivity index (χ0v) is 7.87. The molecule has 1 aromatic rings. The highest BCUT2D eigenvalue weighted by Gasteiger charge is 2.18. The van der Waals surface area contributed by atoms with Crippen LogP contribution in [0.4, 0.5) is 0 Å². The van der Waals surface area contributed by atoms with Crippen molar-refractivity contribution in [2.45, 2.75) is 26.4 Å². The first kappa shape index (κ1) is 9.64. The summed E-state index contributed by atoms with van der Waals surface area (Å²) in [6, 6.07) is 0. The summed E-state index contributed by atoms with van der Waals surface area (Å²) in [6.45, 7) is 5.38. The number of hydrogen-bond acceptors (Lipinski definition) is 4. The summed E-state index contributed by atoms with van der Waals surface area (Å²) in [5, 5.41) is 0. The van der Waals surface area contributed by atoms with Gasteiger partial charge in [-0.25, -0.2) is 9.78 Å². The maximum Gasteiger partial charge on any atom is 0.359 e. The standard InChI is InChI=1S/C9H11N2O2/c1-9(2,3)13-8(12)7-6-10-4-5-11-7/h4-5H,1-3H3. The topological polar surface area (TPSA) is 52.1 Å². The molecular weight excluding hydrogens is 168 g/mol. The molecule has 0 amide bonds. The lowest BCUT2D eigenvalue weighted by atomic mass is 10.2. The van der Waals surface area contributed by atoms with Gasteiger partial charge in [0.15, 0.2) is 5.69 Å². The fourth-order valence-electron chi connectivity index (χ4n) is 0.693. The van der Waals surface area contributed by atoms with Gasteiger partial charge in [-0.15, -0.1) is 0 Å². The lowest BCUT2D eigenvalue weighted by Gasteiger charge is -2.18. The zero-order valence-electron chi connectivity index (χ0n) is 7.87. The quantitative estimate of drug-likeness (QED) is 0.608. The minimum absolute atomic E-state index is 0.109. The van der Waals surface area contributed by atoms with E-state index in [4.69, 9.17) is 4.74 Å². The molecule has 0 unspecified atom stereocenters. The summed E-state index contributed by atoms with van der Waals surface area (Å²) in [6.07, 6.45) is 5.33. The average molecular weight is 179 g/mol. The Hall–Kier alpha value is -1.45. The summed E-state index contributed by atoms with van der Waals surface area (Å²) >= 11 is 0. The van der Waals surface area contributed by atoms with Crippen LogP contribution in [0.2, 0.25) is 0 Å². The molecule has 0 saturated heterocycles. The van der Waals surface area contributed by atoms with E-state index in [9.17, 15) is 4.79 Å². The van der Waals surface area contributed by atoms with Gasteiger partial charge in [0.2, 0.25) is 0 Å². The Morgan fingerprint density at radius 2 is 2.15 bits per heavy atom. The Labute approximate surface area is 77.0 Å². The molecule has 0 aliphatic rings. The zero-order chi connectivity index (χ0) is 9.90. The lowest BCUT2D eigenvalue weighted by molar-refractivity contribution is 0.00619. The molecule has 0 aliphatic heterocycles. The van der Waals surface area contributed by atoms with E-state index in [0.29, 0.717) is 0 Å². The van der Waals surface area contributed by atoms with E-state index in [2.05, 4.69) is 16.2 Å². The molecule has 0 N–H and O–H groups in total. The minimum atomic E-state index is -0.511. The van der Waals surface area contributed by atoms with Crippen LogP contribution in [0, 0.1) is 6.20 Å². The Bertz CT molecular complexity index is 290. The summed E-state index contributed by atoms with van der Waals surface area (Å²) < 4.78 is 5.05. The first-order valence-corrected chi connectivity index (χ1v) is 3.91. The van der Waals surface area contributed by atoms with Gasteiger partial charge in [0.25, 0.3) is 0 Å². The molecule has 4 nitrogen and oxygen atoms in total. The molecule has 0 bridgehead atoms. The van der Waals surface area contributed by atoms with Crippen molar-refractivity contribution >= 4 is 5.97 Å². The van der Waals surface area contributed by atoms with Gasteiger partial charge in [-0.3, -0.25) is 4.98 Å². The Kier molecular flexibility index (Phi) is 2.60. The average Bonchev–Trinajstić information content (AvgIpc) is 2.03. The molecule has 0 saturated carbocycles. The minimum Gasteiger partial charge on any atom is -0.455 e. The second-order valence-corrected chi connectivity index (χ2v) is 3.52. The SMILES string of the molecule is CC(C)(C)OC(=O)c1[c]nccn1. The normalized spacial score (nSPS) is 11.0. The Balaban J connectivity index is 2.71. The monoisotopic (exact) mass is 179 g/mol. The molecule has 0 fully saturated rings. The fraction of sp³-hybridized carbons (Fsp3) is 0.444. The van der Waals surface area contributed by atoms with Gasteiger partial charge in [0.1, 0.15) is 11.8 Å². The number of esters is 1. The van der Waals surface area contributed by atoms with Gasteiger partial charge in [-0.05, 0) is 20.8 Å². The Morgan fingerprint density at radius 1 is 1.46 bits per heavy atom. The predicted octanol–water partition coefficient (Wildman–Crippen LogP) is 1.23. The van der Waals surface area contributed by atoms with Crippen molar-refractivity contribution in [2.75, 3.05) is 0 Å². The molecule has 13 heavy (non-hydrogen) atoms. The van der Waals surface area contributed by atoms with Crippen LogP contribution in [-0.4, -0.2) is 21.5 Å². The molecule has 69 valence electrons. The summed E-state index contributed by atoms with van der Waals surface area (Å²) in [5.41, 5.74) is -0.403. The van der Waals surface area contributed by atoms with Crippen molar-refractivity contribution in [3.05, 3.63) is 24.3 Å². The second-order valence-electron chi connectivity index (χ2n) is 3.52. The number of carbonyl (C=O) groups is 1. The van der Waals surface area contributed by atoms with Gasteiger partial charge >= 0.3 is 5.97 Å². The van der Waals surface area contributed by atoms with Crippen molar-refractivity contribution in [3.8, 4) is 0 Å². The van der Waals surface area contributed by atoms with E-state index in [0.717, 1.165) is 0 Å². The van der Waals surface area contributed by atoms with E-state index in [-0.39, 0.29) is 5.69 Å². The van der Waals surface area contributed by atoms with Crippen LogP contribution in [0.3, 0.4) is 0 Å². The van der Waals surface area contributed by atoms with Crippen molar-refractivity contribution < 1.29 is 9.53 Å². The van der Waals surface area contributed by atoms with Crippen LogP contribution in [0.15, 0.2) is 12.4 Å². The van der Waals surface area contributed by atoms with Gasteiger partial charge < -0.3 is 4.74 Å². The van der Waals surface area contributed by atoms with Gasteiger partial charge in [-0.2, -0.15) is 0 Å². The molecule has 0 spiro atoms. The number of carbonyl (C=O) groups excluding carboxylic acids is 1. The van der Waals surface area contributed by atoms with Crippen LogP contribution in [-0.2, 0) is 4.74 Å². The molecule has 1 radical (unpaired) electrons. The third-order valence-corrected chi connectivity index (χ3v) is 1.11. The van der Waals surface area contributed by atoms with Crippen LogP contribution in [0.1, 0.15) is 31.3 Å². The molecule has 1 aromatic heterocycles. The van der Waals surface area contributed by atoms with Gasteiger partial charge in [0.05, 0.1) is 0 Å². The third kappa shape index (κ3) is 3.19. The lowest BCUT2D eigenvalue weighted by Crippen LogP contribution is -2.24. The maximum absolute atomic E-state index is 11.3. The van der Waals surface area contributed by atoms with E-state index < -0.39 is 11.6 Å². The summed E-state index contributed by atoms with van der Waals surface area (Å²) in [4.78, 5) is 18.7. The van der Waals surface area contributed by atoms with E-state index in [1.54, 1.807) is 20.8 Å². The fourth-order valence-corrected chi connectivity index (χ4v) is 0.693. The van der Waals surface area contributed by atoms with Crippen molar-refractivity contribution in [2.24, 2.45) is 0 Å². The maximum atomic E-state index is 11.3. The second kappa shape index (κ2) is 3.51. The molecule has 0 atom stereocenters. The van der Waals surface area contributed by atoms with Crippen molar-refractivity contribution in [3.63, 3.8) is 0 Å². The van der Waals surface area contributed by atoms with E-state index in [1.165, 1.54) is 12.4 Å². The largest absolute Gasteiger partial charge is 0.455 e. The smallest absolute Gasteiger partial charge is 0.359 e. The predicted molar refractivity (Wildman–Crippen MR) is 46.0 cm³/mol. The first-order chi connectivity index (χ1) is 5.99. The van der Waals surface area contributed by atoms with Gasteiger partial charge in [-0.1, -0.05) is 0 Å². The molecular formula is C9H11N2O2. The van der Waals surface area contributed by atoms with Crippen LogP contribution >= 0.6 is 0 Å². The number of aromatic nitrogens is 2. The molecule has 4 heteroatoms. The number of rotatable bonds is 1. The summed E-state index contributed by atoms with van der Waals surface area (Å²) in [5.74, 6) is -0.499. The van der Waals surface area contributed by atoms with Crippen LogP contribution < -0.4 is 0 Å². The highest BCUT2D eigenvalue weighted by atomic mass is 16.6. The molecule has 0 aliphatic carbocycles. The summed E-state index contributed by atoms with van der Waals surface area (Å²) in [7, 11) is 0. The number of hydrogen-bond donors (Lipinski definition) is 0. The molecule has 0 aromatic carbocycles. The third-order valence-electron chi connectivity index (χ3n) is 1.11. The van der Waals surface area contributed by atoms with Crippen LogP contribution in [0.25, 0.3) is 0 Å². The Morgan fingerprint density at radius 3 is 2.62 bits per heavy atom. The first-order valence-electron chi connectivity index (χ1n) is 3.91. The number of ether oxygens (including phenoxy) is 1.